The van der Waals surface area contributed by atoms with E-state index >= 15 is 0 Å². The predicted octanol–water partition coefficient (Wildman–Crippen LogP) is 3.51. The second-order valence-electron chi connectivity index (χ2n) is 8.78. The van der Waals surface area contributed by atoms with Crippen molar-refractivity contribution in [3.63, 3.8) is 0 Å². The summed E-state index contributed by atoms with van der Waals surface area (Å²) in [6, 6.07) is 19.9. The highest BCUT2D eigenvalue weighted by Gasteiger charge is 2.33. The van der Waals surface area contributed by atoms with Gasteiger partial charge < -0.3 is 19.7 Å². The minimum absolute atomic E-state index is 0.0538. The Bertz CT molecular complexity index is 1380. The van der Waals surface area contributed by atoms with Crippen LogP contribution in [0.1, 0.15) is 11.1 Å². The largest absolute Gasteiger partial charge is 0.497 e. The molecule has 0 fully saturated rings. The highest BCUT2D eigenvalue weighted by molar-refractivity contribution is 7.92. The van der Waals surface area contributed by atoms with Gasteiger partial charge in [0, 0.05) is 31.1 Å². The number of carbonyl (C=O) groups excluding carboxylic acids is 2. The molecule has 0 aliphatic carbocycles. The summed E-state index contributed by atoms with van der Waals surface area (Å²) in [5, 5.41) is 3.17. The third-order valence-corrected chi connectivity index (χ3v) is 7.50. The van der Waals surface area contributed by atoms with E-state index < -0.39 is 28.5 Å². The number of rotatable bonds is 12. The second kappa shape index (κ2) is 13.3. The summed E-state index contributed by atoms with van der Waals surface area (Å²) in [5.41, 5.74) is 1.74. The highest BCUT2D eigenvalue weighted by atomic mass is 35.5. The fourth-order valence-corrected chi connectivity index (χ4v) is 5.07. The van der Waals surface area contributed by atoms with Crippen LogP contribution in [-0.2, 0) is 32.6 Å². The van der Waals surface area contributed by atoms with Gasteiger partial charge in [0.25, 0.3) is 0 Å². The molecule has 1 unspecified atom stereocenters. The Morgan fingerprint density at radius 1 is 0.949 bits per heavy atom. The Labute approximate surface area is 234 Å². The number of ether oxygens (including phenoxy) is 2. The van der Waals surface area contributed by atoms with Gasteiger partial charge in [-0.15, -0.1) is 0 Å². The number of anilines is 1. The van der Waals surface area contributed by atoms with Crippen LogP contribution in [0.25, 0.3) is 0 Å². The van der Waals surface area contributed by atoms with Gasteiger partial charge in [0.1, 0.15) is 24.1 Å². The molecular formula is C28H32ClN3O6S. The quantitative estimate of drug-likeness (QED) is 0.355. The zero-order valence-electron chi connectivity index (χ0n) is 22.3. The van der Waals surface area contributed by atoms with Gasteiger partial charge in [0.15, 0.2) is 0 Å². The zero-order chi connectivity index (χ0) is 28.6. The van der Waals surface area contributed by atoms with Gasteiger partial charge in [-0.1, -0.05) is 54.1 Å². The molecule has 0 bridgehead atoms. The summed E-state index contributed by atoms with van der Waals surface area (Å²) in [7, 11) is 0.432. The van der Waals surface area contributed by atoms with Crippen LogP contribution in [0.2, 0.25) is 5.02 Å². The van der Waals surface area contributed by atoms with Crippen LogP contribution in [0.4, 0.5) is 5.69 Å². The summed E-state index contributed by atoms with van der Waals surface area (Å²) >= 11 is 6.05. The molecule has 2 amide bonds. The molecule has 0 aliphatic rings. The summed E-state index contributed by atoms with van der Waals surface area (Å²) < 4.78 is 37.5. The minimum Gasteiger partial charge on any atom is -0.497 e. The lowest BCUT2D eigenvalue weighted by Crippen LogP contribution is -2.52. The number of benzene rings is 3. The monoisotopic (exact) mass is 573 g/mol. The van der Waals surface area contributed by atoms with E-state index in [0.717, 1.165) is 21.7 Å². The van der Waals surface area contributed by atoms with Gasteiger partial charge in [0.2, 0.25) is 21.8 Å². The fraction of sp³-hybridized carbons (Fsp3) is 0.286. The number of nitrogens with zero attached hydrogens (tertiary/aromatic N) is 2. The molecular weight excluding hydrogens is 542 g/mol. The Balaban J connectivity index is 2.06. The van der Waals surface area contributed by atoms with Crippen molar-refractivity contribution in [2.75, 3.05) is 38.4 Å². The van der Waals surface area contributed by atoms with Crippen molar-refractivity contribution in [1.29, 1.82) is 0 Å². The lowest BCUT2D eigenvalue weighted by atomic mass is 10.0. The highest BCUT2D eigenvalue weighted by Crippen LogP contribution is 2.33. The van der Waals surface area contributed by atoms with Crippen molar-refractivity contribution in [3.05, 3.63) is 88.9 Å². The molecule has 11 heteroatoms. The van der Waals surface area contributed by atoms with Crippen LogP contribution < -0.4 is 19.1 Å². The number of hydrogen-bond donors (Lipinski definition) is 1. The number of sulfonamides is 1. The predicted molar refractivity (Wildman–Crippen MR) is 152 cm³/mol. The van der Waals surface area contributed by atoms with E-state index in [1.54, 1.807) is 30.3 Å². The first-order valence-electron chi connectivity index (χ1n) is 12.1. The number of hydrogen-bond acceptors (Lipinski definition) is 6. The van der Waals surface area contributed by atoms with E-state index in [1.165, 1.54) is 38.3 Å². The van der Waals surface area contributed by atoms with Crippen LogP contribution in [0, 0.1) is 0 Å². The smallest absolute Gasteiger partial charge is 0.244 e. The zero-order valence-corrected chi connectivity index (χ0v) is 23.8. The third kappa shape index (κ3) is 7.87. The maximum atomic E-state index is 14.0. The van der Waals surface area contributed by atoms with Crippen LogP contribution >= 0.6 is 11.6 Å². The lowest BCUT2D eigenvalue weighted by molar-refractivity contribution is -0.139. The van der Waals surface area contributed by atoms with Crippen molar-refractivity contribution in [2.24, 2.45) is 0 Å². The van der Waals surface area contributed by atoms with Gasteiger partial charge in [-0.25, -0.2) is 8.42 Å². The fourth-order valence-electron chi connectivity index (χ4n) is 4.09. The van der Waals surface area contributed by atoms with Crippen LogP contribution in [0.5, 0.6) is 11.5 Å². The lowest BCUT2D eigenvalue weighted by Gasteiger charge is -2.33. The van der Waals surface area contributed by atoms with Gasteiger partial charge in [-0.2, -0.15) is 0 Å². The average molecular weight is 574 g/mol. The Morgan fingerprint density at radius 3 is 2.18 bits per heavy atom. The summed E-state index contributed by atoms with van der Waals surface area (Å²) in [5.74, 6) is -0.280. The summed E-state index contributed by atoms with van der Waals surface area (Å²) in [6.07, 6.45) is 1.23. The molecule has 208 valence electrons. The van der Waals surface area contributed by atoms with Gasteiger partial charge >= 0.3 is 0 Å². The van der Waals surface area contributed by atoms with Gasteiger partial charge in [0.05, 0.1) is 26.2 Å². The molecule has 0 saturated carbocycles. The molecule has 3 rings (SSSR count). The number of halogens is 1. The molecule has 39 heavy (non-hydrogen) atoms. The van der Waals surface area contributed by atoms with E-state index in [2.05, 4.69) is 5.32 Å². The number of likely N-dealkylation sites (N-methyl/N-ethyl adjacent to an activating group) is 1. The third-order valence-electron chi connectivity index (χ3n) is 6.12. The van der Waals surface area contributed by atoms with E-state index in [9.17, 15) is 18.0 Å². The maximum absolute atomic E-state index is 14.0. The van der Waals surface area contributed by atoms with Crippen molar-refractivity contribution < 1.29 is 27.5 Å². The molecule has 0 aromatic heterocycles. The first-order valence-corrected chi connectivity index (χ1v) is 14.3. The van der Waals surface area contributed by atoms with Crippen LogP contribution in [0.15, 0.2) is 72.8 Å². The Kier molecular flexibility index (Phi) is 10.2. The molecule has 0 radical (unpaired) electrons. The van der Waals surface area contributed by atoms with Crippen molar-refractivity contribution >= 4 is 39.1 Å². The first-order chi connectivity index (χ1) is 18.6. The number of amides is 2. The van der Waals surface area contributed by atoms with Crippen LogP contribution in [-0.4, -0.2) is 65.2 Å². The molecule has 0 saturated heterocycles. The SMILES string of the molecule is CNC(=O)C(Cc1ccccc1)N(Cc1ccc(Cl)cc1)C(=O)CN(c1ccc(OC)cc1OC)S(C)(=O)=O. The summed E-state index contributed by atoms with van der Waals surface area (Å²) in [4.78, 5) is 28.5. The number of methoxy groups -OCH3 is 2. The second-order valence-corrected chi connectivity index (χ2v) is 11.1. The Hall–Kier alpha value is -3.76. The number of nitrogens with one attached hydrogen (secondary N) is 1. The summed E-state index contributed by atoms with van der Waals surface area (Å²) in [6.45, 7) is -0.504. The first kappa shape index (κ1) is 29.8. The van der Waals surface area contributed by atoms with Crippen molar-refractivity contribution in [3.8, 4) is 11.5 Å². The van der Waals surface area contributed by atoms with E-state index in [1.807, 2.05) is 30.3 Å². The van der Waals surface area contributed by atoms with Gasteiger partial charge in [-0.3, -0.25) is 13.9 Å². The minimum atomic E-state index is -3.94. The molecule has 0 spiro atoms. The molecule has 1 atom stereocenters. The molecule has 0 aliphatic heterocycles. The normalized spacial score (nSPS) is 11.8. The van der Waals surface area contributed by atoms with Crippen LogP contribution in [0.3, 0.4) is 0 Å². The molecule has 9 nitrogen and oxygen atoms in total. The number of carbonyl (C=O) groups is 2. The molecule has 3 aromatic carbocycles. The average Bonchev–Trinajstić information content (AvgIpc) is 2.93. The van der Waals surface area contributed by atoms with E-state index in [4.69, 9.17) is 21.1 Å². The van der Waals surface area contributed by atoms with Crippen molar-refractivity contribution in [1.82, 2.24) is 10.2 Å². The standard InChI is InChI=1S/C28H32ClN3O6S/c1-30-28(34)25(16-20-8-6-5-7-9-20)31(18-21-10-12-22(29)13-11-21)27(33)19-32(39(4,35)36)24-15-14-23(37-2)17-26(24)38-3/h5-15,17,25H,16,18-19H2,1-4H3,(H,30,34). The van der Waals surface area contributed by atoms with Gasteiger partial charge in [-0.05, 0) is 35.4 Å². The molecule has 0 heterocycles. The Morgan fingerprint density at radius 2 is 1.62 bits per heavy atom. The maximum Gasteiger partial charge on any atom is 0.244 e. The topological polar surface area (TPSA) is 105 Å². The van der Waals surface area contributed by atoms with E-state index in [-0.39, 0.29) is 30.3 Å². The van der Waals surface area contributed by atoms with E-state index in [0.29, 0.717) is 10.8 Å². The molecule has 1 N–H and O–H groups in total. The molecule has 3 aromatic rings. The van der Waals surface area contributed by atoms with Crippen molar-refractivity contribution in [2.45, 2.75) is 19.0 Å².